The first-order chi connectivity index (χ1) is 39.0. The Bertz CT molecular complexity index is 2620. The highest BCUT2D eigenvalue weighted by atomic mass is 16.7. The van der Waals surface area contributed by atoms with Crippen LogP contribution in [0.3, 0.4) is 0 Å². The molecule has 4 saturated heterocycles. The molecule has 25 atom stereocenters. The van der Waals surface area contributed by atoms with Crippen LogP contribution in [0.25, 0.3) is 10.8 Å². The average Bonchev–Trinajstić information content (AvgIpc) is 3.58. The van der Waals surface area contributed by atoms with Gasteiger partial charge in [0.1, 0.15) is 71.7 Å². The van der Waals surface area contributed by atoms with E-state index >= 15 is 4.79 Å². The number of carbonyl (C=O) groups is 4. The van der Waals surface area contributed by atoms with E-state index in [0.717, 1.165) is 0 Å². The van der Waals surface area contributed by atoms with Crippen molar-refractivity contribution in [1.29, 1.82) is 0 Å². The number of carbonyl (C=O) groups excluding carboxylic acids is 4. The summed E-state index contributed by atoms with van der Waals surface area (Å²) in [6.07, 6.45) is -26.2. The molecule has 9 N–H and O–H groups in total. The van der Waals surface area contributed by atoms with Crippen LogP contribution in [0.1, 0.15) is 115 Å². The summed E-state index contributed by atoms with van der Waals surface area (Å²) < 4.78 is 77.6. The number of fused-ring (bicyclic) bond motifs is 2. The van der Waals surface area contributed by atoms with Crippen LogP contribution >= 0.6 is 0 Å². The summed E-state index contributed by atoms with van der Waals surface area (Å²) in [5, 5.41) is 101. The number of hydrogen-bond donors (Lipinski definition) is 9. The molecule has 466 valence electrons. The lowest BCUT2D eigenvalue weighted by molar-refractivity contribution is -0.322. The van der Waals surface area contributed by atoms with Gasteiger partial charge >= 0.3 is 11.9 Å². The third-order valence-corrected chi connectivity index (χ3v) is 16.9. The molecule has 0 amide bonds. The molecule has 2 aromatic carbocycles. The molecular formula is C57H82O26. The third kappa shape index (κ3) is 13.8. The van der Waals surface area contributed by atoms with Crippen LogP contribution in [-0.2, 0) is 77.6 Å². The molecule has 26 nitrogen and oxygen atoms in total. The van der Waals surface area contributed by atoms with Crippen LogP contribution < -0.4 is 4.74 Å². The molecule has 6 aliphatic rings. The van der Waals surface area contributed by atoms with Crippen LogP contribution in [-0.4, -0.2) is 225 Å². The van der Waals surface area contributed by atoms with E-state index in [0.29, 0.717) is 0 Å². The zero-order valence-electron chi connectivity index (χ0n) is 48.4. The average molecular weight is 1180 g/mol. The van der Waals surface area contributed by atoms with E-state index in [1.165, 1.54) is 61.0 Å². The number of methoxy groups -OCH3 is 2. The maximum atomic E-state index is 15.1. The minimum absolute atomic E-state index is 0.0293. The molecule has 0 radical (unpaired) electrons. The lowest BCUT2D eigenvalue weighted by atomic mass is 9.67. The first kappa shape index (κ1) is 64.7. The predicted octanol–water partition coefficient (Wildman–Crippen LogP) is 1.14. The number of aliphatic hydroxyl groups is 7. The standard InChI is InChI=1S/C57H82O26/c1-21-19-57(70,56(21)78-29(9)60)20-38(62)79-35-16-40(73-24(4)47(35)65)81-36-17-42(74-25(5)48(36)66)83-55-32(54(72-11)51(69)46(64)23(3)58)13-30-12-31-14-34(22(2)45(63)43(31)49(67)44(30)50(55)68)80-41-18-37(53(27(7)76-41)77-28(8)59)82-39-15-33(61)52(71-10)26(6)75-39/h12,14,21,23-27,32-33,35-42,46-48,52-56,58,61-67,70H,13,15-20H2,1-11H3/t21?,23-,24?,25?,26?,27?,32+,33?,35?,36?,37?,38+,39+,40+,41+,42+,46+,47-,48-,52+,53+,54+,55+,56+,57-/m1/s1. The van der Waals surface area contributed by atoms with Gasteiger partial charge in [-0.1, -0.05) is 6.92 Å². The SMILES string of the molecule is CO[C@@H]1C(O)C[C@H](OC2C[C@H](Oc3cc4cc5c(c(O)c4c(O)c3C)C(=O)[C@@H](O[C@H]3CC(O[C@H]4CC(O[C@H](O)C[C@]6(O)CC(C)[C@@H]6OC(C)=O)[C@H](O)C(C)O4)[C@H](O)C(C)O3)[C@H]([C@H](OC)C(=O)[C@@H](O)[C@@H](C)O)C5)OC(C)[C@@H]2OC(C)=O)OC1C. The highest BCUT2D eigenvalue weighted by Gasteiger charge is 2.55. The second-order valence-electron chi connectivity index (χ2n) is 23.2. The van der Waals surface area contributed by atoms with Gasteiger partial charge < -0.3 is 108 Å². The Kier molecular flexibility index (Phi) is 20.5. The number of ether oxygens (including phenoxy) is 13. The number of benzene rings is 2. The van der Waals surface area contributed by atoms with Gasteiger partial charge in [0, 0.05) is 71.7 Å². The number of esters is 2. The molecule has 8 rings (SSSR count). The first-order valence-corrected chi connectivity index (χ1v) is 28.2. The number of aromatic hydroxyl groups is 2. The summed E-state index contributed by atoms with van der Waals surface area (Å²) in [6.45, 7) is 13.4. The summed E-state index contributed by atoms with van der Waals surface area (Å²) in [5.41, 5.74) is -1.57. The molecule has 4 aliphatic heterocycles. The fraction of sp³-hybridized carbons (Fsp3) is 0.754. The Morgan fingerprint density at radius 3 is 1.90 bits per heavy atom. The third-order valence-electron chi connectivity index (χ3n) is 16.9. The van der Waals surface area contributed by atoms with Gasteiger partial charge in [-0.25, -0.2) is 0 Å². The predicted molar refractivity (Wildman–Crippen MR) is 282 cm³/mol. The summed E-state index contributed by atoms with van der Waals surface area (Å²) in [4.78, 5) is 53.1. The Labute approximate surface area is 480 Å². The number of Topliss-reactive ketones (excluding diaryl/α,β-unsaturated/α-hetero) is 2. The number of rotatable bonds is 20. The number of phenols is 2. The van der Waals surface area contributed by atoms with Gasteiger partial charge in [-0.2, -0.15) is 0 Å². The van der Waals surface area contributed by atoms with Crippen molar-refractivity contribution in [3.05, 3.63) is 28.8 Å². The lowest BCUT2D eigenvalue weighted by Crippen LogP contribution is -2.61. The van der Waals surface area contributed by atoms with Crippen LogP contribution in [0, 0.1) is 18.8 Å². The van der Waals surface area contributed by atoms with Gasteiger partial charge in [-0.05, 0) is 83.4 Å². The van der Waals surface area contributed by atoms with E-state index < -0.39 is 182 Å². The van der Waals surface area contributed by atoms with Gasteiger partial charge in [0.2, 0.25) is 6.29 Å². The zero-order chi connectivity index (χ0) is 60.8. The topological polar surface area (TPSA) is 370 Å². The lowest BCUT2D eigenvalue weighted by Gasteiger charge is -2.50. The molecular weight excluding hydrogens is 1100 g/mol. The highest BCUT2D eigenvalue weighted by Crippen LogP contribution is 2.48. The molecule has 4 heterocycles. The second-order valence-corrected chi connectivity index (χ2v) is 23.2. The Balaban J connectivity index is 1.03. The number of ketones is 2. The van der Waals surface area contributed by atoms with Crippen LogP contribution in [0.5, 0.6) is 17.2 Å². The van der Waals surface area contributed by atoms with E-state index in [2.05, 4.69) is 0 Å². The quantitative estimate of drug-likeness (QED) is 0.0663. The van der Waals surface area contributed by atoms with Crippen molar-refractivity contribution < 1.29 is 127 Å². The van der Waals surface area contributed by atoms with Gasteiger partial charge in [0.05, 0.1) is 59.8 Å². The Morgan fingerprint density at radius 2 is 1.30 bits per heavy atom. The van der Waals surface area contributed by atoms with Gasteiger partial charge in [0.15, 0.2) is 42.8 Å². The molecule has 0 bridgehead atoms. The molecule has 0 aromatic heterocycles. The molecule has 83 heavy (non-hydrogen) atoms. The monoisotopic (exact) mass is 1180 g/mol. The fourth-order valence-electron chi connectivity index (χ4n) is 12.7. The summed E-state index contributed by atoms with van der Waals surface area (Å²) in [7, 11) is 2.63. The highest BCUT2D eigenvalue weighted by molar-refractivity contribution is 6.11. The summed E-state index contributed by atoms with van der Waals surface area (Å²) >= 11 is 0. The molecule has 26 heteroatoms. The maximum absolute atomic E-state index is 15.1. The minimum atomic E-state index is -1.97. The summed E-state index contributed by atoms with van der Waals surface area (Å²) in [5.74, 6) is -5.55. The molecule has 2 aromatic rings. The van der Waals surface area contributed by atoms with Crippen molar-refractivity contribution in [2.45, 2.75) is 248 Å². The molecule has 0 spiro atoms. The number of phenolic OH excluding ortho intramolecular Hbond substituents is 2. The number of hydrogen-bond acceptors (Lipinski definition) is 26. The van der Waals surface area contributed by atoms with E-state index in [-0.39, 0.29) is 84.1 Å². The minimum Gasteiger partial charge on any atom is -0.507 e. The molecule has 1 saturated carbocycles. The van der Waals surface area contributed by atoms with Gasteiger partial charge in [0.25, 0.3) is 0 Å². The van der Waals surface area contributed by atoms with Crippen LogP contribution in [0.2, 0.25) is 0 Å². The molecule has 9 unspecified atom stereocenters. The van der Waals surface area contributed by atoms with Crippen molar-refractivity contribution in [2.24, 2.45) is 11.8 Å². The van der Waals surface area contributed by atoms with Crippen molar-refractivity contribution in [2.75, 3.05) is 14.2 Å². The Morgan fingerprint density at radius 1 is 0.735 bits per heavy atom. The fourth-order valence-corrected chi connectivity index (χ4v) is 12.7. The van der Waals surface area contributed by atoms with Crippen LogP contribution in [0.15, 0.2) is 12.1 Å². The first-order valence-electron chi connectivity index (χ1n) is 28.2. The van der Waals surface area contributed by atoms with Crippen molar-refractivity contribution in [3.63, 3.8) is 0 Å². The van der Waals surface area contributed by atoms with Crippen molar-refractivity contribution >= 4 is 34.3 Å². The van der Waals surface area contributed by atoms with E-state index in [4.69, 9.17) is 61.6 Å². The van der Waals surface area contributed by atoms with E-state index in [9.17, 15) is 60.3 Å². The largest absolute Gasteiger partial charge is 0.507 e. The molecule has 5 fully saturated rings. The van der Waals surface area contributed by atoms with Crippen LogP contribution in [0.4, 0.5) is 0 Å². The molecule has 2 aliphatic carbocycles. The van der Waals surface area contributed by atoms with E-state index in [1.807, 2.05) is 0 Å². The van der Waals surface area contributed by atoms with Gasteiger partial charge in [-0.15, -0.1) is 0 Å². The van der Waals surface area contributed by atoms with Crippen molar-refractivity contribution in [3.8, 4) is 17.2 Å². The van der Waals surface area contributed by atoms with E-state index in [1.54, 1.807) is 27.7 Å². The smallest absolute Gasteiger partial charge is 0.303 e. The number of aliphatic hydroxyl groups excluding tert-OH is 6. The van der Waals surface area contributed by atoms with Gasteiger partial charge in [-0.3, -0.25) is 19.2 Å². The Hall–Kier alpha value is -4.30. The second kappa shape index (κ2) is 26.4. The maximum Gasteiger partial charge on any atom is 0.303 e. The summed E-state index contributed by atoms with van der Waals surface area (Å²) in [6, 6.07) is 3.02. The van der Waals surface area contributed by atoms with Crippen molar-refractivity contribution in [1.82, 2.24) is 0 Å². The zero-order valence-corrected chi connectivity index (χ0v) is 48.4. The normalized spacial score (nSPS) is 38.9.